The zero-order valence-corrected chi connectivity index (χ0v) is 19.3. The van der Waals surface area contributed by atoms with E-state index in [4.69, 9.17) is 11.6 Å². The van der Waals surface area contributed by atoms with Gasteiger partial charge in [-0.2, -0.15) is 4.72 Å². The maximum atomic E-state index is 12.8. The number of rotatable bonds is 7. The van der Waals surface area contributed by atoms with E-state index >= 15 is 0 Å². The molecule has 1 amide bonds. The highest BCUT2D eigenvalue weighted by atomic mass is 35.5. The highest BCUT2D eigenvalue weighted by Crippen LogP contribution is 2.30. The largest absolute Gasteiger partial charge is 0.295 e. The number of anilines is 1. The van der Waals surface area contributed by atoms with Gasteiger partial charge < -0.3 is 0 Å². The fourth-order valence-corrected chi connectivity index (χ4v) is 5.48. The summed E-state index contributed by atoms with van der Waals surface area (Å²) in [5.74, 6) is -0.0788. The predicted octanol–water partition coefficient (Wildman–Crippen LogP) is 4.07. The molecule has 170 valence electrons. The fourth-order valence-electron chi connectivity index (χ4n) is 3.41. The molecule has 0 saturated carbocycles. The molecule has 0 unspecified atom stereocenters. The topological polar surface area (TPSA) is 123 Å². The van der Waals surface area contributed by atoms with Crippen LogP contribution in [0.15, 0.2) is 60.1 Å². The van der Waals surface area contributed by atoms with E-state index in [-0.39, 0.29) is 18.7 Å². The van der Waals surface area contributed by atoms with Gasteiger partial charge in [0.15, 0.2) is 0 Å². The number of para-hydroxylation sites is 1. The number of nitrogens with one attached hydrogen (secondary N) is 1. The van der Waals surface area contributed by atoms with E-state index in [0.29, 0.717) is 26.2 Å². The van der Waals surface area contributed by atoms with E-state index in [9.17, 15) is 23.3 Å². The maximum Gasteiger partial charge on any atom is 0.277 e. The number of aromatic nitrogens is 1. The lowest BCUT2D eigenvalue weighted by Gasteiger charge is -2.16. The molecule has 0 bridgehead atoms. The second-order valence-electron chi connectivity index (χ2n) is 7.12. The Labute approximate surface area is 198 Å². The number of nitrogens with zero attached hydrogens (tertiary/aromatic N) is 3. The molecular formula is C21H17ClN4O5S2. The van der Waals surface area contributed by atoms with Gasteiger partial charge in [-0.1, -0.05) is 23.7 Å². The Kier molecular flexibility index (Phi) is 6.56. The van der Waals surface area contributed by atoms with Gasteiger partial charge in [0.25, 0.3) is 5.69 Å². The predicted molar refractivity (Wildman–Crippen MR) is 128 cm³/mol. The summed E-state index contributed by atoms with van der Waals surface area (Å²) in [7, 11) is -3.85. The van der Waals surface area contributed by atoms with Crippen molar-refractivity contribution < 1.29 is 18.1 Å². The van der Waals surface area contributed by atoms with Gasteiger partial charge in [0.05, 0.1) is 14.8 Å². The Balaban J connectivity index is 1.46. The Morgan fingerprint density at radius 1 is 1.21 bits per heavy atom. The van der Waals surface area contributed by atoms with Gasteiger partial charge in [-0.25, -0.2) is 13.4 Å². The van der Waals surface area contributed by atoms with E-state index < -0.39 is 26.9 Å². The molecule has 12 heteroatoms. The van der Waals surface area contributed by atoms with Crippen LogP contribution in [0.4, 0.5) is 11.5 Å². The van der Waals surface area contributed by atoms with Gasteiger partial charge in [-0.15, -0.1) is 11.3 Å². The number of halogens is 1. The molecule has 1 aliphatic rings. The first-order valence-electron chi connectivity index (χ1n) is 9.70. The number of hydrogen-bond donors (Lipinski definition) is 1. The number of benzene rings is 1. The average Bonchev–Trinajstić information content (AvgIpc) is 3.37. The first-order valence-corrected chi connectivity index (χ1v) is 12.4. The number of nitro groups is 1. The van der Waals surface area contributed by atoms with Crippen LogP contribution in [0, 0.1) is 10.1 Å². The first kappa shape index (κ1) is 23.1. The van der Waals surface area contributed by atoms with Crippen molar-refractivity contribution in [3.63, 3.8) is 0 Å². The summed E-state index contributed by atoms with van der Waals surface area (Å²) in [4.78, 5) is 29.9. The van der Waals surface area contributed by atoms with Gasteiger partial charge in [0, 0.05) is 34.7 Å². The standard InChI is InChI=1S/C21H17ClN4O5S2/c22-19-7-6-15(32-19)10-12-33(30,31)24-17-9-11-25(21(17)27)20-8-5-14(13-23-20)16-3-1-2-4-18(16)26(28)29/h1-8,10,12-13,17,24H,9,11H2/b12-10+/t17-/m0/s1. The number of pyridine rings is 1. The van der Waals surface area contributed by atoms with E-state index in [2.05, 4.69) is 9.71 Å². The van der Waals surface area contributed by atoms with Crippen molar-refractivity contribution in [1.29, 1.82) is 0 Å². The molecule has 0 spiro atoms. The molecule has 33 heavy (non-hydrogen) atoms. The normalized spacial score (nSPS) is 16.6. The van der Waals surface area contributed by atoms with Gasteiger partial charge in [0.2, 0.25) is 15.9 Å². The van der Waals surface area contributed by atoms with Gasteiger partial charge >= 0.3 is 0 Å². The number of nitro benzene ring substituents is 1. The van der Waals surface area contributed by atoms with E-state index in [1.165, 1.54) is 34.6 Å². The Morgan fingerprint density at radius 3 is 2.67 bits per heavy atom. The van der Waals surface area contributed by atoms with Crippen LogP contribution in [0.1, 0.15) is 11.3 Å². The number of carbonyl (C=O) groups excluding carboxylic acids is 1. The second-order valence-corrected chi connectivity index (χ2v) is 10.5. The highest BCUT2D eigenvalue weighted by Gasteiger charge is 2.35. The summed E-state index contributed by atoms with van der Waals surface area (Å²) in [5.41, 5.74) is 0.907. The van der Waals surface area contributed by atoms with Crippen molar-refractivity contribution >= 4 is 56.4 Å². The van der Waals surface area contributed by atoms with Crippen LogP contribution >= 0.6 is 22.9 Å². The third kappa shape index (κ3) is 5.28. The summed E-state index contributed by atoms with van der Waals surface area (Å²) in [6.07, 6.45) is 3.15. The van der Waals surface area contributed by atoms with Crippen LogP contribution in [0.3, 0.4) is 0 Å². The summed E-state index contributed by atoms with van der Waals surface area (Å²) < 4.78 is 27.7. The van der Waals surface area contributed by atoms with Crippen LogP contribution in [0.5, 0.6) is 0 Å². The number of amides is 1. The lowest BCUT2D eigenvalue weighted by atomic mass is 10.1. The van der Waals surface area contributed by atoms with Crippen LogP contribution in [-0.2, 0) is 14.8 Å². The minimum Gasteiger partial charge on any atom is -0.295 e. The van der Waals surface area contributed by atoms with Crippen LogP contribution < -0.4 is 9.62 Å². The number of thiophene rings is 1. The maximum absolute atomic E-state index is 12.8. The van der Waals surface area contributed by atoms with Gasteiger partial charge in [-0.3, -0.25) is 19.8 Å². The number of hydrogen-bond acceptors (Lipinski definition) is 7. The summed E-state index contributed by atoms with van der Waals surface area (Å²) in [5, 5.41) is 12.3. The van der Waals surface area contributed by atoms with Crippen LogP contribution in [0.25, 0.3) is 17.2 Å². The Morgan fingerprint density at radius 2 is 2.00 bits per heavy atom. The summed E-state index contributed by atoms with van der Waals surface area (Å²) in [6.45, 7) is 0.286. The lowest BCUT2D eigenvalue weighted by molar-refractivity contribution is -0.384. The molecule has 1 N–H and O–H groups in total. The van der Waals surface area contributed by atoms with Crippen molar-refractivity contribution in [2.75, 3.05) is 11.4 Å². The third-order valence-electron chi connectivity index (χ3n) is 4.95. The van der Waals surface area contributed by atoms with Crippen LogP contribution in [-0.4, -0.2) is 36.8 Å². The van der Waals surface area contributed by atoms with Crippen molar-refractivity contribution in [2.24, 2.45) is 0 Å². The highest BCUT2D eigenvalue weighted by molar-refractivity contribution is 7.92. The van der Waals surface area contributed by atoms with Crippen molar-refractivity contribution in [2.45, 2.75) is 12.5 Å². The SMILES string of the molecule is O=C1[C@@H](NS(=O)(=O)/C=C/c2ccc(Cl)s2)CCN1c1ccc(-c2ccccc2[N+](=O)[O-])cn1. The monoisotopic (exact) mass is 504 g/mol. The zero-order valence-electron chi connectivity index (χ0n) is 16.9. The molecule has 1 aromatic carbocycles. The zero-order chi connectivity index (χ0) is 23.6. The Hall–Kier alpha value is -3.12. The van der Waals surface area contributed by atoms with E-state index in [0.717, 1.165) is 5.41 Å². The van der Waals surface area contributed by atoms with Crippen molar-refractivity contribution in [3.05, 3.63) is 79.5 Å². The molecule has 0 radical (unpaired) electrons. The molecule has 3 aromatic rings. The molecule has 9 nitrogen and oxygen atoms in total. The summed E-state index contributed by atoms with van der Waals surface area (Å²) in [6, 6.07) is 12.0. The molecule has 3 heterocycles. The Bertz CT molecular complexity index is 1340. The first-order chi connectivity index (χ1) is 15.7. The molecule has 1 aliphatic heterocycles. The van der Waals surface area contributed by atoms with E-state index in [1.54, 1.807) is 42.5 Å². The second kappa shape index (κ2) is 9.40. The number of sulfonamides is 1. The van der Waals surface area contributed by atoms with Gasteiger partial charge in [-0.05, 0) is 42.8 Å². The number of carbonyl (C=O) groups is 1. The fraction of sp³-hybridized carbons (Fsp3) is 0.143. The lowest BCUT2D eigenvalue weighted by Crippen LogP contribution is -2.40. The van der Waals surface area contributed by atoms with Gasteiger partial charge in [0.1, 0.15) is 11.9 Å². The molecule has 1 atom stereocenters. The molecular weight excluding hydrogens is 488 g/mol. The minimum atomic E-state index is -3.85. The molecule has 4 rings (SSSR count). The van der Waals surface area contributed by atoms with Crippen LogP contribution in [0.2, 0.25) is 4.34 Å². The smallest absolute Gasteiger partial charge is 0.277 e. The van der Waals surface area contributed by atoms with Crippen molar-refractivity contribution in [3.8, 4) is 11.1 Å². The average molecular weight is 505 g/mol. The third-order valence-corrected chi connectivity index (χ3v) is 7.26. The molecule has 2 aromatic heterocycles. The molecule has 0 aliphatic carbocycles. The molecule has 1 saturated heterocycles. The quantitative estimate of drug-likeness (QED) is 0.382. The minimum absolute atomic E-state index is 0.0448. The van der Waals surface area contributed by atoms with Crippen molar-refractivity contribution in [1.82, 2.24) is 9.71 Å². The van der Waals surface area contributed by atoms with E-state index in [1.807, 2.05) is 0 Å². The molecule has 1 fully saturated rings. The summed E-state index contributed by atoms with van der Waals surface area (Å²) >= 11 is 7.08.